The number of halogens is 1. The molecule has 88 valence electrons. The van der Waals surface area contributed by atoms with Gasteiger partial charge in [0.05, 0.1) is 5.75 Å². The van der Waals surface area contributed by atoms with Gasteiger partial charge in [0.1, 0.15) is 5.82 Å². The van der Waals surface area contributed by atoms with Gasteiger partial charge in [0.15, 0.2) is 0 Å². The normalized spacial score (nSPS) is 10.5. The Labute approximate surface area is 99.6 Å². The lowest BCUT2D eigenvalue weighted by atomic mass is 10.2. The van der Waals surface area contributed by atoms with Gasteiger partial charge in [-0.15, -0.1) is 11.8 Å². The molecule has 0 atom stereocenters. The molecule has 1 aromatic rings. The van der Waals surface area contributed by atoms with E-state index in [1.54, 1.807) is 18.2 Å². The summed E-state index contributed by atoms with van der Waals surface area (Å²) < 4.78 is 13.2. The largest absolute Gasteiger partial charge is 0.355 e. The number of benzene rings is 1. The van der Waals surface area contributed by atoms with Gasteiger partial charge in [0, 0.05) is 11.4 Å². The second-order valence-corrected chi connectivity index (χ2v) is 4.93. The van der Waals surface area contributed by atoms with Gasteiger partial charge >= 0.3 is 0 Å². The highest BCUT2D eigenvalue weighted by Crippen LogP contribution is 2.20. The van der Waals surface area contributed by atoms with Crippen LogP contribution in [-0.2, 0) is 4.79 Å². The van der Waals surface area contributed by atoms with Crippen LogP contribution < -0.4 is 5.32 Å². The van der Waals surface area contributed by atoms with Crippen LogP contribution in [0.25, 0.3) is 0 Å². The highest BCUT2D eigenvalue weighted by atomic mass is 32.2. The van der Waals surface area contributed by atoms with Crippen LogP contribution in [-0.4, -0.2) is 18.2 Å². The summed E-state index contributed by atoms with van der Waals surface area (Å²) in [6.45, 7) is 4.73. The summed E-state index contributed by atoms with van der Waals surface area (Å²) in [5.41, 5.74) is 0. The van der Waals surface area contributed by atoms with Crippen molar-refractivity contribution in [3.8, 4) is 0 Å². The van der Waals surface area contributed by atoms with Crippen molar-refractivity contribution in [1.29, 1.82) is 0 Å². The fourth-order valence-corrected chi connectivity index (χ4v) is 1.84. The molecule has 0 heterocycles. The van der Waals surface area contributed by atoms with Gasteiger partial charge in [-0.05, 0) is 18.1 Å². The van der Waals surface area contributed by atoms with E-state index >= 15 is 0 Å². The average Bonchev–Trinajstić information content (AvgIpc) is 2.25. The molecule has 0 bridgehead atoms. The minimum atomic E-state index is -0.274. The van der Waals surface area contributed by atoms with Gasteiger partial charge in [-0.2, -0.15) is 0 Å². The van der Waals surface area contributed by atoms with E-state index in [0.29, 0.717) is 17.4 Å². The molecule has 0 unspecified atom stereocenters. The Morgan fingerprint density at radius 3 is 2.75 bits per heavy atom. The SMILES string of the molecule is CC(C)CNC(=O)CSc1ccccc1F. The third kappa shape index (κ3) is 4.66. The van der Waals surface area contributed by atoms with Gasteiger partial charge in [-0.3, -0.25) is 4.79 Å². The van der Waals surface area contributed by atoms with E-state index < -0.39 is 0 Å². The van der Waals surface area contributed by atoms with E-state index in [-0.39, 0.29) is 17.5 Å². The van der Waals surface area contributed by atoms with Gasteiger partial charge < -0.3 is 5.32 Å². The summed E-state index contributed by atoms with van der Waals surface area (Å²) in [7, 11) is 0. The number of rotatable bonds is 5. The summed E-state index contributed by atoms with van der Waals surface area (Å²) in [5, 5.41) is 2.79. The van der Waals surface area contributed by atoms with Crippen molar-refractivity contribution in [1.82, 2.24) is 5.32 Å². The van der Waals surface area contributed by atoms with E-state index in [1.165, 1.54) is 17.8 Å². The van der Waals surface area contributed by atoms with Crippen molar-refractivity contribution < 1.29 is 9.18 Å². The standard InChI is InChI=1S/C12H16FNOS/c1-9(2)7-14-12(15)8-16-11-6-4-3-5-10(11)13/h3-6,9H,7-8H2,1-2H3,(H,14,15). The Bertz CT molecular complexity index is 355. The Morgan fingerprint density at radius 1 is 1.44 bits per heavy atom. The highest BCUT2D eigenvalue weighted by molar-refractivity contribution is 8.00. The van der Waals surface area contributed by atoms with Crippen LogP contribution in [0.15, 0.2) is 29.2 Å². The van der Waals surface area contributed by atoms with E-state index in [4.69, 9.17) is 0 Å². The second-order valence-electron chi connectivity index (χ2n) is 3.92. The molecule has 1 aromatic carbocycles. The molecule has 0 radical (unpaired) electrons. The molecule has 0 aliphatic carbocycles. The van der Waals surface area contributed by atoms with Crippen LogP contribution in [0.4, 0.5) is 4.39 Å². The number of amides is 1. The predicted molar refractivity (Wildman–Crippen MR) is 65.0 cm³/mol. The van der Waals surface area contributed by atoms with Gasteiger partial charge in [-0.1, -0.05) is 26.0 Å². The number of nitrogens with one attached hydrogen (secondary N) is 1. The zero-order chi connectivity index (χ0) is 12.0. The molecule has 0 fully saturated rings. The number of carbonyl (C=O) groups is 1. The van der Waals surface area contributed by atoms with Crippen molar-refractivity contribution in [2.24, 2.45) is 5.92 Å². The molecule has 0 saturated heterocycles. The maximum Gasteiger partial charge on any atom is 0.230 e. The van der Waals surface area contributed by atoms with Gasteiger partial charge in [-0.25, -0.2) is 4.39 Å². The molecule has 1 N–H and O–H groups in total. The summed E-state index contributed by atoms with van der Waals surface area (Å²) in [6.07, 6.45) is 0. The van der Waals surface area contributed by atoms with Crippen LogP contribution in [0.1, 0.15) is 13.8 Å². The second kappa shape index (κ2) is 6.53. The Kier molecular flexibility index (Phi) is 5.32. The van der Waals surface area contributed by atoms with Crippen molar-refractivity contribution in [3.63, 3.8) is 0 Å². The number of hydrogen-bond acceptors (Lipinski definition) is 2. The van der Waals surface area contributed by atoms with Gasteiger partial charge in [0.25, 0.3) is 0 Å². The maximum atomic E-state index is 13.2. The number of carbonyl (C=O) groups excluding carboxylic acids is 1. The molecule has 0 aliphatic heterocycles. The summed E-state index contributed by atoms with van der Waals surface area (Å²) >= 11 is 1.22. The van der Waals surface area contributed by atoms with Crippen LogP contribution in [0.3, 0.4) is 0 Å². The highest BCUT2D eigenvalue weighted by Gasteiger charge is 2.06. The van der Waals surface area contributed by atoms with Crippen molar-refractivity contribution in [2.75, 3.05) is 12.3 Å². The average molecular weight is 241 g/mol. The monoisotopic (exact) mass is 241 g/mol. The molecule has 0 saturated carbocycles. The molecule has 1 amide bonds. The first-order valence-electron chi connectivity index (χ1n) is 5.23. The molecule has 1 rings (SSSR count). The molecular formula is C12H16FNOS. The van der Waals surface area contributed by atoms with E-state index in [1.807, 2.05) is 13.8 Å². The van der Waals surface area contributed by atoms with Crippen molar-refractivity contribution >= 4 is 17.7 Å². The zero-order valence-corrected chi connectivity index (χ0v) is 10.3. The third-order valence-electron chi connectivity index (χ3n) is 1.90. The molecular weight excluding hydrogens is 225 g/mol. The minimum Gasteiger partial charge on any atom is -0.355 e. The molecule has 0 spiro atoms. The summed E-state index contributed by atoms with van der Waals surface area (Å²) in [5.74, 6) is 0.363. The van der Waals surface area contributed by atoms with Crippen molar-refractivity contribution in [2.45, 2.75) is 18.7 Å². The molecule has 16 heavy (non-hydrogen) atoms. The Balaban J connectivity index is 2.35. The zero-order valence-electron chi connectivity index (χ0n) is 9.50. The lowest BCUT2D eigenvalue weighted by Crippen LogP contribution is -2.28. The molecule has 0 aliphatic rings. The minimum absolute atomic E-state index is 0.0537. The number of thioether (sulfide) groups is 1. The van der Waals surface area contributed by atoms with Crippen LogP contribution in [0.2, 0.25) is 0 Å². The lowest BCUT2D eigenvalue weighted by molar-refractivity contribution is -0.118. The molecule has 0 aromatic heterocycles. The summed E-state index contributed by atoms with van der Waals surface area (Å²) in [6, 6.07) is 6.47. The molecule has 2 nitrogen and oxygen atoms in total. The van der Waals surface area contributed by atoms with E-state index in [2.05, 4.69) is 5.32 Å². The Hall–Kier alpha value is -1.03. The van der Waals surface area contributed by atoms with Crippen LogP contribution in [0, 0.1) is 11.7 Å². The van der Waals surface area contributed by atoms with Crippen LogP contribution in [0.5, 0.6) is 0 Å². The fourth-order valence-electron chi connectivity index (χ4n) is 1.07. The fraction of sp³-hybridized carbons (Fsp3) is 0.417. The number of hydrogen-bond donors (Lipinski definition) is 1. The molecule has 4 heteroatoms. The first-order valence-corrected chi connectivity index (χ1v) is 6.22. The van der Waals surface area contributed by atoms with Gasteiger partial charge in [0.2, 0.25) is 5.91 Å². The topological polar surface area (TPSA) is 29.1 Å². The van der Waals surface area contributed by atoms with Crippen molar-refractivity contribution in [3.05, 3.63) is 30.1 Å². The third-order valence-corrected chi connectivity index (χ3v) is 2.95. The first-order chi connectivity index (χ1) is 7.59. The van der Waals surface area contributed by atoms with E-state index in [9.17, 15) is 9.18 Å². The van der Waals surface area contributed by atoms with Crippen LogP contribution >= 0.6 is 11.8 Å². The first kappa shape index (κ1) is 13.0. The maximum absolute atomic E-state index is 13.2. The van der Waals surface area contributed by atoms with E-state index in [0.717, 1.165) is 0 Å². The lowest BCUT2D eigenvalue weighted by Gasteiger charge is -2.07. The quantitative estimate of drug-likeness (QED) is 0.803. The summed E-state index contributed by atoms with van der Waals surface area (Å²) in [4.78, 5) is 11.9. The smallest absolute Gasteiger partial charge is 0.230 e. The predicted octanol–water partition coefficient (Wildman–Crippen LogP) is 2.69. The Morgan fingerprint density at radius 2 is 2.12 bits per heavy atom.